The second-order valence-electron chi connectivity index (χ2n) is 5.30. The average Bonchev–Trinajstić information content (AvgIpc) is 2.56. The molecule has 0 fully saturated rings. The molecule has 6 nitrogen and oxygen atoms in total. The van der Waals surface area contributed by atoms with Crippen molar-refractivity contribution >= 4 is 38.9 Å². The van der Waals surface area contributed by atoms with Gasteiger partial charge in [-0.1, -0.05) is 17.7 Å². The van der Waals surface area contributed by atoms with Crippen LogP contribution in [-0.2, 0) is 14.8 Å². The predicted molar refractivity (Wildman–Crippen MR) is 98.0 cm³/mol. The highest BCUT2D eigenvalue weighted by Crippen LogP contribution is 2.20. The van der Waals surface area contributed by atoms with E-state index in [9.17, 15) is 13.2 Å². The number of amides is 1. The Kier molecular flexibility index (Phi) is 6.02. The highest BCUT2D eigenvalue weighted by atomic mass is 35.5. The summed E-state index contributed by atoms with van der Waals surface area (Å²) in [6.07, 6.45) is 1.02. The number of anilines is 2. The number of benzene rings is 2. The Morgan fingerprint density at radius 1 is 1.24 bits per heavy atom. The van der Waals surface area contributed by atoms with Crippen LogP contribution in [0, 0.1) is 11.3 Å². The van der Waals surface area contributed by atoms with Gasteiger partial charge in [-0.25, -0.2) is 8.42 Å². The Morgan fingerprint density at radius 2 is 1.92 bits per heavy atom. The van der Waals surface area contributed by atoms with Crippen molar-refractivity contribution in [1.82, 2.24) is 0 Å². The third kappa shape index (κ3) is 5.48. The normalized spacial score (nSPS) is 10.8. The number of nitriles is 1. The van der Waals surface area contributed by atoms with E-state index in [-0.39, 0.29) is 18.9 Å². The van der Waals surface area contributed by atoms with Crippen molar-refractivity contribution < 1.29 is 13.2 Å². The zero-order chi connectivity index (χ0) is 18.4. The van der Waals surface area contributed by atoms with Crippen molar-refractivity contribution in [3.8, 4) is 6.07 Å². The molecule has 25 heavy (non-hydrogen) atoms. The van der Waals surface area contributed by atoms with Crippen LogP contribution in [0.3, 0.4) is 0 Å². The maximum Gasteiger partial charge on any atom is 0.232 e. The fraction of sp³-hybridized carbons (Fsp3) is 0.176. The Bertz CT molecular complexity index is 905. The predicted octanol–water partition coefficient (Wildman–Crippen LogP) is 3.01. The molecule has 0 aliphatic carbocycles. The van der Waals surface area contributed by atoms with Gasteiger partial charge in [-0.15, -0.1) is 0 Å². The zero-order valence-corrected chi connectivity index (χ0v) is 15.0. The van der Waals surface area contributed by atoms with Gasteiger partial charge in [0.05, 0.1) is 23.6 Å². The van der Waals surface area contributed by atoms with Gasteiger partial charge >= 0.3 is 0 Å². The summed E-state index contributed by atoms with van der Waals surface area (Å²) in [5.41, 5.74) is 1.27. The first-order chi connectivity index (χ1) is 11.8. The van der Waals surface area contributed by atoms with Gasteiger partial charge in [0.1, 0.15) is 0 Å². The Labute approximate surface area is 151 Å². The number of carbonyl (C=O) groups is 1. The fourth-order valence-electron chi connectivity index (χ4n) is 2.18. The van der Waals surface area contributed by atoms with Crippen LogP contribution >= 0.6 is 11.6 Å². The van der Waals surface area contributed by atoms with Gasteiger partial charge in [0.2, 0.25) is 15.9 Å². The highest BCUT2D eigenvalue weighted by Gasteiger charge is 2.19. The third-order valence-electron chi connectivity index (χ3n) is 3.33. The summed E-state index contributed by atoms with van der Waals surface area (Å²) in [6.45, 7) is -0.0346. The number of sulfonamides is 1. The van der Waals surface area contributed by atoms with E-state index in [4.69, 9.17) is 16.9 Å². The van der Waals surface area contributed by atoms with Gasteiger partial charge in [-0.05, 0) is 42.5 Å². The van der Waals surface area contributed by atoms with Crippen molar-refractivity contribution in [2.24, 2.45) is 0 Å². The fourth-order valence-corrected chi connectivity index (χ4v) is 3.22. The second kappa shape index (κ2) is 8.01. The molecule has 0 saturated heterocycles. The number of hydrogen-bond donors (Lipinski definition) is 1. The molecule has 1 N–H and O–H groups in total. The Hall–Kier alpha value is -2.56. The molecule has 0 unspecified atom stereocenters. The SMILES string of the molecule is CS(=O)(=O)N(CCC(=O)Nc1ccc(Cl)cc1)c1cccc(C#N)c1. The number of nitrogens with one attached hydrogen (secondary N) is 1. The average molecular weight is 378 g/mol. The number of halogens is 1. The van der Waals surface area contributed by atoms with Crippen molar-refractivity contribution in [2.45, 2.75) is 6.42 Å². The van der Waals surface area contributed by atoms with Gasteiger partial charge < -0.3 is 5.32 Å². The largest absolute Gasteiger partial charge is 0.326 e. The van der Waals surface area contributed by atoms with Crippen LogP contribution in [0.25, 0.3) is 0 Å². The van der Waals surface area contributed by atoms with Crippen LogP contribution in [0.1, 0.15) is 12.0 Å². The van der Waals surface area contributed by atoms with E-state index in [0.717, 1.165) is 10.6 Å². The molecule has 0 aliphatic heterocycles. The van der Waals surface area contributed by atoms with E-state index in [1.54, 1.807) is 42.5 Å². The highest BCUT2D eigenvalue weighted by molar-refractivity contribution is 7.92. The van der Waals surface area contributed by atoms with E-state index in [2.05, 4.69) is 5.32 Å². The standard InChI is InChI=1S/C17H16ClN3O3S/c1-25(23,24)21(16-4-2-3-13(11-16)12-19)10-9-17(22)20-15-7-5-14(18)6-8-15/h2-8,11H,9-10H2,1H3,(H,20,22). The summed E-state index contributed by atoms with van der Waals surface area (Å²) in [5.74, 6) is -0.326. The molecule has 0 bridgehead atoms. The molecular weight excluding hydrogens is 362 g/mol. The topological polar surface area (TPSA) is 90.3 Å². The Morgan fingerprint density at radius 3 is 2.52 bits per heavy atom. The molecule has 0 aliphatic rings. The number of rotatable bonds is 6. The van der Waals surface area contributed by atoms with E-state index in [0.29, 0.717) is 22.0 Å². The third-order valence-corrected chi connectivity index (χ3v) is 4.78. The lowest BCUT2D eigenvalue weighted by Crippen LogP contribution is -2.33. The van der Waals surface area contributed by atoms with Gasteiger partial charge in [0, 0.05) is 23.7 Å². The summed E-state index contributed by atoms with van der Waals surface area (Å²) in [6, 6.07) is 14.8. The molecular formula is C17H16ClN3O3S. The number of nitrogens with zero attached hydrogens (tertiary/aromatic N) is 2. The van der Waals surface area contributed by atoms with Crippen molar-refractivity contribution in [1.29, 1.82) is 5.26 Å². The van der Waals surface area contributed by atoms with Crippen molar-refractivity contribution in [3.63, 3.8) is 0 Å². The minimum atomic E-state index is -3.59. The van der Waals surface area contributed by atoms with Crippen molar-refractivity contribution in [3.05, 3.63) is 59.1 Å². The summed E-state index contributed by atoms with van der Waals surface area (Å²) < 4.78 is 25.2. The molecule has 2 rings (SSSR count). The molecule has 2 aromatic rings. The molecule has 0 spiro atoms. The summed E-state index contributed by atoms with van der Waals surface area (Å²) in [7, 11) is -3.59. The van der Waals surface area contributed by atoms with E-state index < -0.39 is 10.0 Å². The van der Waals surface area contributed by atoms with Gasteiger partial charge in [-0.2, -0.15) is 5.26 Å². The van der Waals surface area contributed by atoms with Gasteiger partial charge in [0.25, 0.3) is 0 Å². The van der Waals surface area contributed by atoms with Crippen molar-refractivity contribution in [2.75, 3.05) is 22.4 Å². The first kappa shape index (κ1) is 18.8. The molecule has 130 valence electrons. The minimum Gasteiger partial charge on any atom is -0.326 e. The molecule has 0 radical (unpaired) electrons. The maximum absolute atomic E-state index is 12.1. The summed E-state index contributed by atoms with van der Waals surface area (Å²) >= 11 is 5.78. The van der Waals surface area contributed by atoms with Gasteiger partial charge in [-0.3, -0.25) is 9.10 Å². The van der Waals surface area contributed by atoms with Crippen LogP contribution < -0.4 is 9.62 Å². The molecule has 0 heterocycles. The molecule has 2 aromatic carbocycles. The Balaban J connectivity index is 2.09. The summed E-state index contributed by atoms with van der Waals surface area (Å²) in [5, 5.41) is 12.2. The lowest BCUT2D eigenvalue weighted by atomic mass is 10.2. The molecule has 0 saturated carbocycles. The lowest BCUT2D eigenvalue weighted by molar-refractivity contribution is -0.116. The quantitative estimate of drug-likeness (QED) is 0.837. The molecule has 0 atom stereocenters. The van der Waals surface area contributed by atoms with E-state index >= 15 is 0 Å². The van der Waals surface area contributed by atoms with Crippen LogP contribution in [-0.4, -0.2) is 27.1 Å². The van der Waals surface area contributed by atoms with Crippen LogP contribution in [0.15, 0.2) is 48.5 Å². The lowest BCUT2D eigenvalue weighted by Gasteiger charge is -2.22. The van der Waals surface area contributed by atoms with Crippen LogP contribution in [0.2, 0.25) is 5.02 Å². The van der Waals surface area contributed by atoms with Crippen LogP contribution in [0.5, 0.6) is 0 Å². The first-order valence-electron chi connectivity index (χ1n) is 7.33. The van der Waals surface area contributed by atoms with E-state index in [1.165, 1.54) is 6.07 Å². The monoisotopic (exact) mass is 377 g/mol. The molecule has 8 heteroatoms. The summed E-state index contributed by atoms with van der Waals surface area (Å²) in [4.78, 5) is 12.1. The maximum atomic E-state index is 12.1. The number of hydrogen-bond acceptors (Lipinski definition) is 4. The van der Waals surface area contributed by atoms with Gasteiger partial charge in [0.15, 0.2) is 0 Å². The second-order valence-corrected chi connectivity index (χ2v) is 7.65. The first-order valence-corrected chi connectivity index (χ1v) is 9.55. The molecule has 1 amide bonds. The number of carbonyl (C=O) groups excluding carboxylic acids is 1. The minimum absolute atomic E-state index is 0.0346. The van der Waals surface area contributed by atoms with Crippen LogP contribution in [0.4, 0.5) is 11.4 Å². The zero-order valence-electron chi connectivity index (χ0n) is 13.4. The molecule has 0 aromatic heterocycles. The van der Waals surface area contributed by atoms with E-state index in [1.807, 2.05) is 6.07 Å². The smallest absolute Gasteiger partial charge is 0.232 e.